The maximum absolute atomic E-state index is 11.2. The highest BCUT2D eigenvalue weighted by Gasteiger charge is 2.20. The highest BCUT2D eigenvalue weighted by molar-refractivity contribution is 5.92. The summed E-state index contributed by atoms with van der Waals surface area (Å²) in [6.07, 6.45) is 4.32. The predicted molar refractivity (Wildman–Crippen MR) is 101 cm³/mol. The molecule has 0 fully saturated rings. The highest BCUT2D eigenvalue weighted by atomic mass is 16.7. The van der Waals surface area contributed by atoms with Crippen molar-refractivity contribution < 1.29 is 19.1 Å². The number of benzene rings is 2. The van der Waals surface area contributed by atoms with Gasteiger partial charge in [0.05, 0.1) is 11.8 Å². The average Bonchev–Trinajstić information content (AvgIpc) is 3.18. The maximum Gasteiger partial charge on any atom is 0.250 e. The van der Waals surface area contributed by atoms with Crippen molar-refractivity contribution in [2.24, 2.45) is 5.73 Å². The second-order valence-electron chi connectivity index (χ2n) is 6.03. The third-order valence-electron chi connectivity index (χ3n) is 4.00. The fourth-order valence-corrected chi connectivity index (χ4v) is 2.63. The minimum atomic E-state index is -0.571. The zero-order valence-corrected chi connectivity index (χ0v) is 14.7. The number of aromatic nitrogens is 1. The molecule has 0 bridgehead atoms. The minimum Gasteiger partial charge on any atom is -0.457 e. The molecule has 1 aromatic heterocycles. The van der Waals surface area contributed by atoms with E-state index in [1.165, 1.54) is 18.5 Å². The zero-order chi connectivity index (χ0) is 19.3. The predicted octanol–water partition coefficient (Wildman–Crippen LogP) is 3.47. The molecule has 3 N–H and O–H groups in total. The first-order valence-corrected chi connectivity index (χ1v) is 8.56. The molecule has 2 aromatic carbocycles. The molecule has 28 heavy (non-hydrogen) atoms. The first-order valence-electron chi connectivity index (χ1n) is 8.56. The molecule has 2 heterocycles. The topological polar surface area (TPSA) is 95.7 Å². The number of amides is 1. The van der Waals surface area contributed by atoms with Crippen molar-refractivity contribution in [1.82, 2.24) is 10.5 Å². The summed E-state index contributed by atoms with van der Waals surface area (Å²) in [6, 6.07) is 18.7. The number of rotatable bonds is 6. The van der Waals surface area contributed by atoms with Gasteiger partial charge in [0.1, 0.15) is 23.4 Å². The summed E-state index contributed by atoms with van der Waals surface area (Å²) in [7, 11) is 0. The van der Waals surface area contributed by atoms with E-state index in [2.05, 4.69) is 10.5 Å². The third-order valence-corrected chi connectivity index (χ3v) is 4.00. The van der Waals surface area contributed by atoms with E-state index in [4.69, 9.17) is 20.0 Å². The van der Waals surface area contributed by atoms with Gasteiger partial charge < -0.3 is 15.2 Å². The van der Waals surface area contributed by atoms with Crippen LogP contribution in [0.25, 0.3) is 0 Å². The summed E-state index contributed by atoms with van der Waals surface area (Å²) >= 11 is 0. The summed E-state index contributed by atoms with van der Waals surface area (Å²) in [6.45, 7) is 0. The number of carbonyl (C=O) groups is 1. The van der Waals surface area contributed by atoms with Gasteiger partial charge >= 0.3 is 0 Å². The number of nitrogens with one attached hydrogen (secondary N) is 1. The highest BCUT2D eigenvalue weighted by Crippen LogP contribution is 2.28. The van der Waals surface area contributed by atoms with E-state index < -0.39 is 5.91 Å². The van der Waals surface area contributed by atoms with Crippen LogP contribution in [0.5, 0.6) is 17.2 Å². The van der Waals surface area contributed by atoms with E-state index in [0.29, 0.717) is 11.6 Å². The maximum atomic E-state index is 11.2. The van der Waals surface area contributed by atoms with Crippen molar-refractivity contribution in [3.63, 3.8) is 0 Å². The summed E-state index contributed by atoms with van der Waals surface area (Å²) in [5.74, 6) is 1.72. The molecule has 1 aliphatic heterocycles. The Hall–Kier alpha value is -3.84. The van der Waals surface area contributed by atoms with Gasteiger partial charge in [0.25, 0.3) is 0 Å². The van der Waals surface area contributed by atoms with E-state index in [0.717, 1.165) is 17.1 Å². The Morgan fingerprint density at radius 3 is 2.46 bits per heavy atom. The van der Waals surface area contributed by atoms with Gasteiger partial charge in [-0.25, -0.2) is 5.48 Å². The van der Waals surface area contributed by atoms with Gasteiger partial charge in [-0.3, -0.25) is 14.6 Å². The molecule has 0 radical (unpaired) electrons. The molecule has 1 unspecified atom stereocenters. The van der Waals surface area contributed by atoms with E-state index in [1.54, 1.807) is 6.08 Å². The molecule has 7 heteroatoms. The molecule has 3 aromatic rings. The van der Waals surface area contributed by atoms with Gasteiger partial charge in [-0.2, -0.15) is 0 Å². The fourth-order valence-electron chi connectivity index (χ4n) is 2.63. The molecule has 0 aliphatic carbocycles. The normalized spacial score (nSPS) is 15.4. The van der Waals surface area contributed by atoms with Crippen molar-refractivity contribution in [2.75, 3.05) is 0 Å². The van der Waals surface area contributed by atoms with Gasteiger partial charge in [-0.1, -0.05) is 30.3 Å². The lowest BCUT2D eigenvalue weighted by Gasteiger charge is -2.09. The minimum absolute atomic E-state index is 0.266. The second-order valence-corrected chi connectivity index (χ2v) is 6.03. The van der Waals surface area contributed by atoms with Crippen LogP contribution in [0.4, 0.5) is 0 Å². The lowest BCUT2D eigenvalue weighted by molar-refractivity contribution is 0.0273. The number of hydrogen-bond donors (Lipinski definition) is 2. The lowest BCUT2D eigenvalue weighted by atomic mass is 10.1. The first kappa shape index (κ1) is 17.6. The largest absolute Gasteiger partial charge is 0.457 e. The van der Waals surface area contributed by atoms with Crippen LogP contribution < -0.4 is 20.7 Å². The van der Waals surface area contributed by atoms with E-state index >= 15 is 0 Å². The number of carbonyl (C=O) groups excluding carboxylic acids is 1. The van der Waals surface area contributed by atoms with E-state index in [-0.39, 0.29) is 11.7 Å². The van der Waals surface area contributed by atoms with Crippen LogP contribution in [-0.2, 0) is 4.84 Å². The van der Waals surface area contributed by atoms with Gasteiger partial charge in [0.2, 0.25) is 11.8 Å². The molecule has 0 saturated heterocycles. The molecule has 0 saturated carbocycles. The van der Waals surface area contributed by atoms with Crippen LogP contribution in [-0.4, -0.2) is 10.9 Å². The number of para-hydroxylation sites is 1. The number of hydrogen-bond acceptors (Lipinski definition) is 6. The smallest absolute Gasteiger partial charge is 0.250 e. The number of nitrogens with two attached hydrogens (primary N) is 1. The van der Waals surface area contributed by atoms with Gasteiger partial charge in [0, 0.05) is 12.3 Å². The van der Waals surface area contributed by atoms with Crippen LogP contribution in [0, 0.1) is 0 Å². The summed E-state index contributed by atoms with van der Waals surface area (Å²) in [5.41, 5.74) is 9.16. The standard InChI is InChI=1S/C21H17N3O4/c22-21(25)15-10-18(13-23-12-15)27-20-11-19(28-24-20)14-6-8-17(9-7-14)26-16-4-2-1-3-5-16/h1-13,19,24H,(H2,22,25). The average molecular weight is 375 g/mol. The summed E-state index contributed by atoms with van der Waals surface area (Å²) in [4.78, 5) is 20.7. The zero-order valence-electron chi connectivity index (χ0n) is 14.7. The van der Waals surface area contributed by atoms with Crippen LogP contribution >= 0.6 is 0 Å². The molecular formula is C21H17N3O4. The Morgan fingerprint density at radius 1 is 0.964 bits per heavy atom. The third kappa shape index (κ3) is 4.11. The van der Waals surface area contributed by atoms with E-state index in [1.807, 2.05) is 54.6 Å². The lowest BCUT2D eigenvalue weighted by Crippen LogP contribution is -2.14. The molecule has 7 nitrogen and oxygen atoms in total. The van der Waals surface area contributed by atoms with Crippen LogP contribution in [0.2, 0.25) is 0 Å². The van der Waals surface area contributed by atoms with Crippen LogP contribution in [0.3, 0.4) is 0 Å². The molecule has 0 spiro atoms. The van der Waals surface area contributed by atoms with Crippen molar-refractivity contribution in [1.29, 1.82) is 0 Å². The number of ether oxygens (including phenoxy) is 2. The summed E-state index contributed by atoms with van der Waals surface area (Å²) < 4.78 is 11.4. The Bertz CT molecular complexity index is 1000. The molecule has 1 amide bonds. The molecular weight excluding hydrogens is 358 g/mol. The van der Waals surface area contributed by atoms with Crippen molar-refractivity contribution in [2.45, 2.75) is 6.10 Å². The van der Waals surface area contributed by atoms with Crippen LogP contribution in [0.1, 0.15) is 22.0 Å². The van der Waals surface area contributed by atoms with Crippen molar-refractivity contribution in [3.8, 4) is 17.2 Å². The Morgan fingerprint density at radius 2 is 1.71 bits per heavy atom. The Labute approximate surface area is 161 Å². The number of hydroxylamine groups is 1. The molecule has 140 valence electrons. The fraction of sp³-hybridized carbons (Fsp3) is 0.0476. The quantitative estimate of drug-likeness (QED) is 0.685. The number of nitrogens with zero attached hydrogens (tertiary/aromatic N) is 1. The van der Waals surface area contributed by atoms with Gasteiger partial charge in [-0.05, 0) is 35.9 Å². The molecule has 1 atom stereocenters. The molecule has 4 rings (SSSR count). The van der Waals surface area contributed by atoms with Crippen molar-refractivity contribution in [3.05, 3.63) is 96.1 Å². The van der Waals surface area contributed by atoms with Crippen molar-refractivity contribution >= 4 is 5.91 Å². The first-order chi connectivity index (χ1) is 13.7. The second kappa shape index (κ2) is 7.81. The Kier molecular flexibility index (Phi) is 4.90. The van der Waals surface area contributed by atoms with E-state index in [9.17, 15) is 4.79 Å². The number of primary amides is 1. The SMILES string of the molecule is NC(=O)c1cncc(OC2=CC(c3ccc(Oc4ccccc4)cc3)ON2)c1. The van der Waals surface area contributed by atoms with Gasteiger partial charge in [0.15, 0.2) is 0 Å². The van der Waals surface area contributed by atoms with Gasteiger partial charge in [-0.15, -0.1) is 0 Å². The molecule has 1 aliphatic rings. The monoisotopic (exact) mass is 375 g/mol. The summed E-state index contributed by atoms with van der Waals surface area (Å²) in [5, 5.41) is 0. The number of pyridine rings is 1. The van der Waals surface area contributed by atoms with Crippen LogP contribution in [0.15, 0.2) is 85.0 Å². The Balaban J connectivity index is 1.42.